The second-order valence-corrected chi connectivity index (χ2v) is 9.84. The van der Waals surface area contributed by atoms with Gasteiger partial charge >= 0.3 is 35.8 Å². The fourth-order valence-corrected chi connectivity index (χ4v) is 3.85. The summed E-state index contributed by atoms with van der Waals surface area (Å²) in [5, 5.41) is 8.74. The highest BCUT2D eigenvalue weighted by Gasteiger charge is 2.90. The lowest BCUT2D eigenvalue weighted by molar-refractivity contribution is -0.440. The molecule has 0 amide bonds. The predicted molar refractivity (Wildman–Crippen MR) is 133 cm³/mol. The number of hydrogen-bond acceptors (Lipinski definition) is 3. The highest BCUT2D eigenvalue weighted by molar-refractivity contribution is 5.64. The molecule has 0 aliphatic carbocycles. The maximum absolute atomic E-state index is 13.9. The van der Waals surface area contributed by atoms with E-state index in [1.807, 2.05) is 0 Å². The molecule has 0 radical (unpaired) electrons. The van der Waals surface area contributed by atoms with Gasteiger partial charge in [-0.3, -0.25) is 0 Å². The Morgan fingerprint density at radius 3 is 1.27 bits per heavy atom. The molecule has 0 bridgehead atoms. The summed E-state index contributed by atoms with van der Waals surface area (Å²) in [5.41, 5.74) is 1.23. The fraction of sp³-hybridized carbons (Fsp3) is 0.571. The Labute approximate surface area is 244 Å². The van der Waals surface area contributed by atoms with E-state index < -0.39 is 48.8 Å². The number of unbranched alkanes of at least 4 members (excludes halogenated alkanes) is 5. The molecule has 2 rings (SSSR count). The normalized spacial score (nSPS) is 13.7. The molecule has 0 spiro atoms. The number of rotatable bonds is 18. The summed E-state index contributed by atoms with van der Waals surface area (Å²) in [7, 11) is 0. The average molecular weight is 661 g/mol. The van der Waals surface area contributed by atoms with Gasteiger partial charge in [0.25, 0.3) is 0 Å². The van der Waals surface area contributed by atoms with Crippen LogP contribution in [0.15, 0.2) is 48.5 Å². The topological polar surface area (TPSA) is 38.7 Å². The van der Waals surface area contributed by atoms with Gasteiger partial charge in [0.05, 0.1) is 19.6 Å². The standard InChI is InChI=1S/C28H29F13O3/c29-23(30,24(31,32)25(33,34)26(35,36)27(37,38)28(39,40)41)15-18-44-22-13-9-20(10-14-22)19-7-11-21(12-8-19)43-17-6-4-2-1-3-5-16-42/h7-14,42H,1-6,15-18H2. The van der Waals surface area contributed by atoms with Crippen molar-refractivity contribution in [3.05, 3.63) is 48.5 Å². The van der Waals surface area contributed by atoms with Crippen molar-refractivity contribution in [2.24, 2.45) is 0 Å². The number of ether oxygens (including phenoxy) is 2. The Bertz CT molecular complexity index is 1150. The molecule has 250 valence electrons. The summed E-state index contributed by atoms with van der Waals surface area (Å²) < 4.78 is 182. The minimum Gasteiger partial charge on any atom is -0.494 e. The Hall–Kier alpha value is -2.91. The van der Waals surface area contributed by atoms with Crippen LogP contribution in [-0.2, 0) is 0 Å². The van der Waals surface area contributed by atoms with Crippen LogP contribution < -0.4 is 9.47 Å². The van der Waals surface area contributed by atoms with E-state index in [0.29, 0.717) is 23.5 Å². The first-order chi connectivity index (χ1) is 20.2. The van der Waals surface area contributed by atoms with Crippen LogP contribution in [0.3, 0.4) is 0 Å². The van der Waals surface area contributed by atoms with Gasteiger partial charge in [-0.05, 0) is 48.2 Å². The summed E-state index contributed by atoms with van der Waals surface area (Å²) >= 11 is 0. The average Bonchev–Trinajstić information content (AvgIpc) is 2.94. The Balaban J connectivity index is 1.94. The molecule has 0 aliphatic rings. The molecule has 0 unspecified atom stereocenters. The van der Waals surface area contributed by atoms with Crippen LogP contribution in [0.4, 0.5) is 57.1 Å². The molecule has 2 aromatic rings. The van der Waals surface area contributed by atoms with Gasteiger partial charge < -0.3 is 14.6 Å². The van der Waals surface area contributed by atoms with Crippen molar-refractivity contribution in [2.75, 3.05) is 19.8 Å². The highest BCUT2D eigenvalue weighted by atomic mass is 19.4. The number of aliphatic hydroxyl groups is 1. The van der Waals surface area contributed by atoms with Gasteiger partial charge in [-0.2, -0.15) is 57.1 Å². The van der Waals surface area contributed by atoms with Crippen LogP contribution in [0.1, 0.15) is 44.9 Å². The number of hydrogen-bond donors (Lipinski definition) is 1. The molecule has 0 saturated carbocycles. The zero-order valence-electron chi connectivity index (χ0n) is 22.9. The molecule has 0 aromatic heterocycles. The van der Waals surface area contributed by atoms with Crippen LogP contribution in [0, 0.1) is 0 Å². The summed E-state index contributed by atoms with van der Waals surface area (Å²) in [4.78, 5) is 0. The van der Waals surface area contributed by atoms with Crippen molar-refractivity contribution in [2.45, 2.75) is 80.7 Å². The van der Waals surface area contributed by atoms with E-state index in [2.05, 4.69) is 0 Å². The minimum absolute atomic E-state index is 0.178. The molecule has 44 heavy (non-hydrogen) atoms. The van der Waals surface area contributed by atoms with Gasteiger partial charge in [0, 0.05) is 6.61 Å². The van der Waals surface area contributed by atoms with Crippen molar-refractivity contribution in [3.8, 4) is 22.6 Å². The molecule has 0 aliphatic heterocycles. The zero-order chi connectivity index (χ0) is 33.5. The van der Waals surface area contributed by atoms with Crippen LogP contribution in [0.2, 0.25) is 0 Å². The number of halogens is 13. The van der Waals surface area contributed by atoms with E-state index in [1.165, 1.54) is 24.3 Å². The van der Waals surface area contributed by atoms with Gasteiger partial charge in [0.2, 0.25) is 0 Å². The van der Waals surface area contributed by atoms with Crippen LogP contribution in [0.5, 0.6) is 11.5 Å². The van der Waals surface area contributed by atoms with Gasteiger partial charge in [-0.15, -0.1) is 0 Å². The smallest absolute Gasteiger partial charge is 0.460 e. The summed E-state index contributed by atoms with van der Waals surface area (Å²) in [6.07, 6.45) is -4.27. The third kappa shape index (κ3) is 8.21. The Kier molecular flexibility index (Phi) is 12.3. The summed E-state index contributed by atoms with van der Waals surface area (Å²) in [6, 6.07) is 11.9. The molecule has 1 N–H and O–H groups in total. The third-order valence-corrected chi connectivity index (χ3v) is 6.55. The first-order valence-electron chi connectivity index (χ1n) is 13.3. The zero-order valence-corrected chi connectivity index (χ0v) is 22.9. The lowest BCUT2D eigenvalue weighted by Gasteiger charge is -2.39. The van der Waals surface area contributed by atoms with E-state index in [-0.39, 0.29) is 12.4 Å². The molecule has 2 aromatic carbocycles. The molecule has 16 heteroatoms. The van der Waals surface area contributed by atoms with Crippen LogP contribution in [0.25, 0.3) is 11.1 Å². The number of benzene rings is 2. The Morgan fingerprint density at radius 2 is 0.841 bits per heavy atom. The van der Waals surface area contributed by atoms with Gasteiger partial charge in [-0.1, -0.05) is 49.9 Å². The lowest BCUT2D eigenvalue weighted by atomic mass is 9.93. The first kappa shape index (κ1) is 37.3. The summed E-state index contributed by atoms with van der Waals surface area (Å²) in [5.74, 6) is -36.7. The van der Waals surface area contributed by atoms with E-state index in [4.69, 9.17) is 14.6 Å². The maximum Gasteiger partial charge on any atom is 0.460 e. The van der Waals surface area contributed by atoms with Crippen molar-refractivity contribution >= 4 is 0 Å². The quantitative estimate of drug-likeness (QED) is 0.128. The molecular formula is C28H29F13O3. The number of aliphatic hydroxyl groups excluding tert-OH is 1. The van der Waals surface area contributed by atoms with Gasteiger partial charge in [0.1, 0.15) is 11.5 Å². The van der Waals surface area contributed by atoms with Crippen molar-refractivity contribution in [1.82, 2.24) is 0 Å². The summed E-state index contributed by atoms with van der Waals surface area (Å²) in [6.45, 7) is -0.845. The van der Waals surface area contributed by atoms with E-state index in [9.17, 15) is 57.1 Å². The van der Waals surface area contributed by atoms with Crippen LogP contribution in [-0.4, -0.2) is 60.7 Å². The van der Waals surface area contributed by atoms with Crippen molar-refractivity contribution in [3.63, 3.8) is 0 Å². The highest BCUT2D eigenvalue weighted by Crippen LogP contribution is 2.60. The van der Waals surface area contributed by atoms with Gasteiger partial charge in [-0.25, -0.2) is 0 Å². The van der Waals surface area contributed by atoms with E-state index >= 15 is 0 Å². The first-order valence-corrected chi connectivity index (χ1v) is 13.3. The van der Waals surface area contributed by atoms with E-state index in [1.54, 1.807) is 24.3 Å². The second kappa shape index (κ2) is 14.5. The SMILES string of the molecule is OCCCCCCCCOc1ccc(-c2ccc(OCCC(F)(F)C(F)(F)C(F)(F)C(F)(F)C(F)(F)C(F)(F)F)cc2)cc1. The lowest BCUT2D eigenvalue weighted by Crippen LogP contribution is -2.70. The predicted octanol–water partition coefficient (Wildman–Crippen LogP) is 9.57. The van der Waals surface area contributed by atoms with Crippen LogP contribution >= 0.6 is 0 Å². The van der Waals surface area contributed by atoms with Crippen molar-refractivity contribution < 1.29 is 71.7 Å². The molecule has 0 fully saturated rings. The molecular weight excluding hydrogens is 631 g/mol. The maximum atomic E-state index is 13.9. The monoisotopic (exact) mass is 660 g/mol. The third-order valence-electron chi connectivity index (χ3n) is 6.55. The molecule has 0 atom stereocenters. The molecule has 0 saturated heterocycles. The largest absolute Gasteiger partial charge is 0.494 e. The van der Waals surface area contributed by atoms with E-state index in [0.717, 1.165) is 38.5 Å². The second-order valence-electron chi connectivity index (χ2n) is 9.84. The molecule has 3 nitrogen and oxygen atoms in total. The van der Waals surface area contributed by atoms with Gasteiger partial charge in [0.15, 0.2) is 0 Å². The molecule has 0 heterocycles. The number of alkyl halides is 13. The fourth-order valence-electron chi connectivity index (χ4n) is 3.85. The minimum atomic E-state index is -7.92. The Morgan fingerprint density at radius 1 is 0.455 bits per heavy atom. The van der Waals surface area contributed by atoms with Crippen molar-refractivity contribution in [1.29, 1.82) is 0 Å².